The Balaban J connectivity index is 1.88. The lowest BCUT2D eigenvalue weighted by Gasteiger charge is -2.44. The Morgan fingerprint density at radius 3 is 2.59 bits per heavy atom. The lowest BCUT2D eigenvalue weighted by molar-refractivity contribution is -0.0909. The largest absolute Gasteiger partial charge is 0.470 e. The average molecular weight is 400 g/mol. The molecule has 148 valence electrons. The third kappa shape index (κ3) is 2.73. The van der Waals surface area contributed by atoms with Gasteiger partial charge in [-0.25, -0.2) is 14.5 Å². The number of nitrogen functional groups attached to an aromatic ring is 1. The molecule has 4 rings (SSSR count). The molecule has 0 aliphatic carbocycles. The van der Waals surface area contributed by atoms with Gasteiger partial charge in [0.2, 0.25) is 0 Å². The van der Waals surface area contributed by atoms with Crippen LogP contribution in [0.2, 0.25) is 0 Å². The number of phosphoric ester groups is 1. The van der Waals surface area contributed by atoms with Gasteiger partial charge in [-0.3, -0.25) is 9.52 Å². The van der Waals surface area contributed by atoms with Crippen LogP contribution < -0.4 is 5.73 Å². The highest BCUT2D eigenvalue weighted by Gasteiger charge is 2.64. The van der Waals surface area contributed by atoms with Crippen LogP contribution in [0.5, 0.6) is 0 Å². The molecule has 2 fully saturated rings. The van der Waals surface area contributed by atoms with Gasteiger partial charge in [-0.2, -0.15) is 0 Å². The van der Waals surface area contributed by atoms with E-state index in [1.807, 2.05) is 0 Å². The van der Waals surface area contributed by atoms with Crippen LogP contribution in [0.15, 0.2) is 11.3 Å². The maximum atomic E-state index is 11.6. The van der Waals surface area contributed by atoms with Gasteiger partial charge in [0.05, 0.1) is 29.2 Å². The summed E-state index contributed by atoms with van der Waals surface area (Å²) in [5, 5.41) is 21.0. The highest BCUT2D eigenvalue weighted by atomic mass is 31.2. The maximum absolute atomic E-state index is 11.6. The van der Waals surface area contributed by atoms with E-state index in [-0.39, 0.29) is 12.2 Å². The summed E-state index contributed by atoms with van der Waals surface area (Å²) < 4.78 is 22.6. The molecule has 1 aromatic heterocycles. The zero-order valence-corrected chi connectivity index (χ0v) is 15.5. The van der Waals surface area contributed by atoms with Crippen LogP contribution in [-0.2, 0) is 13.8 Å². The molecule has 2 unspecified atom stereocenters. The first-order chi connectivity index (χ1) is 12.6. The van der Waals surface area contributed by atoms with Crippen molar-refractivity contribution in [3.05, 3.63) is 12.0 Å². The summed E-state index contributed by atoms with van der Waals surface area (Å²) in [6.45, 7) is 3.22. The van der Waals surface area contributed by atoms with Crippen molar-refractivity contribution in [2.45, 2.75) is 56.2 Å². The summed E-state index contributed by atoms with van der Waals surface area (Å²) in [7, 11) is -4.86. The van der Waals surface area contributed by atoms with Crippen LogP contribution in [0, 0.1) is 5.92 Å². The van der Waals surface area contributed by atoms with Gasteiger partial charge in [0.25, 0.3) is 0 Å². The lowest BCUT2D eigenvalue weighted by Crippen LogP contribution is -2.54. The molecule has 27 heavy (non-hydrogen) atoms. The van der Waals surface area contributed by atoms with Gasteiger partial charge in [0.15, 0.2) is 5.82 Å². The molecule has 7 atom stereocenters. The van der Waals surface area contributed by atoms with Gasteiger partial charge in [-0.1, -0.05) is 6.92 Å². The summed E-state index contributed by atoms with van der Waals surface area (Å²) >= 11 is 0. The highest BCUT2D eigenvalue weighted by molar-refractivity contribution is 7.46. The summed E-state index contributed by atoms with van der Waals surface area (Å²) in [6.07, 6.45) is -2.75. The van der Waals surface area contributed by atoms with Crippen LogP contribution in [0.25, 0.3) is 0 Å². The van der Waals surface area contributed by atoms with Crippen LogP contribution in [0.4, 0.5) is 11.5 Å². The van der Waals surface area contributed by atoms with Gasteiger partial charge in [0.1, 0.15) is 30.3 Å². The van der Waals surface area contributed by atoms with E-state index < -0.39 is 49.7 Å². The Hall–Kier alpha value is -1.46. The summed E-state index contributed by atoms with van der Waals surface area (Å²) in [5.41, 5.74) is 5.75. The second-order valence-corrected chi connectivity index (χ2v) is 8.44. The first-order valence-corrected chi connectivity index (χ1v) is 10.1. The fourth-order valence-electron chi connectivity index (χ4n) is 4.40. The van der Waals surface area contributed by atoms with Crippen LogP contribution >= 0.6 is 7.82 Å². The van der Waals surface area contributed by atoms with E-state index >= 15 is 0 Å². The highest BCUT2D eigenvalue weighted by Crippen LogP contribution is 2.56. The summed E-state index contributed by atoms with van der Waals surface area (Å²) in [5.74, 6) is -1.30. The van der Waals surface area contributed by atoms with E-state index in [1.165, 1.54) is 13.3 Å². The van der Waals surface area contributed by atoms with Crippen molar-refractivity contribution in [3.8, 4) is 0 Å². The maximum Gasteiger partial charge on any atom is 0.470 e. The molecular weight excluding hydrogens is 379 g/mol. The molecule has 2 saturated heterocycles. The van der Waals surface area contributed by atoms with E-state index in [9.17, 15) is 24.6 Å². The molecule has 6 N–H and O–H groups in total. The Labute approximate surface area is 154 Å². The minimum atomic E-state index is -4.86. The quantitative estimate of drug-likeness (QED) is 0.418. The van der Waals surface area contributed by atoms with Crippen LogP contribution in [0.1, 0.15) is 31.9 Å². The molecule has 0 saturated carbocycles. The third-order valence-corrected chi connectivity index (χ3v) is 6.39. The molecule has 2 bridgehead atoms. The molecule has 11 nitrogen and oxygen atoms in total. The SMILES string of the molecule is CC[C@@](C)(OP(=O)(O)O)[C@H]1C2=Nc3c(N)ncnc3[C@H]2C2OC1[C@@H](O)[C@H]2O. The number of aliphatic hydroxyl groups excluding tert-OH is 2. The Bertz CT molecular complexity index is 861. The van der Waals surface area contributed by atoms with Crippen LogP contribution in [0.3, 0.4) is 0 Å². The van der Waals surface area contributed by atoms with Crippen molar-refractivity contribution in [3.63, 3.8) is 0 Å². The topological polar surface area (TPSA) is 181 Å². The summed E-state index contributed by atoms with van der Waals surface area (Å²) in [6, 6.07) is 0. The number of fused-ring (bicyclic) bond motifs is 6. The molecular formula is C15H21N4O7P. The van der Waals surface area contributed by atoms with E-state index in [0.29, 0.717) is 17.1 Å². The van der Waals surface area contributed by atoms with Crippen molar-refractivity contribution in [2.75, 3.05) is 5.73 Å². The second-order valence-electron chi connectivity index (χ2n) is 7.28. The van der Waals surface area contributed by atoms with Crippen LogP contribution in [-0.4, -0.2) is 65.7 Å². The molecule has 0 radical (unpaired) electrons. The number of hydrogen-bond donors (Lipinski definition) is 5. The number of phosphoric acid groups is 1. The first-order valence-electron chi connectivity index (χ1n) is 8.54. The fourth-order valence-corrected chi connectivity index (χ4v) is 5.18. The van der Waals surface area contributed by atoms with Crippen molar-refractivity contribution in [1.29, 1.82) is 0 Å². The smallest absolute Gasteiger partial charge is 0.388 e. The van der Waals surface area contributed by atoms with Crippen molar-refractivity contribution in [1.82, 2.24) is 9.97 Å². The van der Waals surface area contributed by atoms with E-state index in [0.717, 1.165) is 0 Å². The zero-order valence-electron chi connectivity index (χ0n) is 14.6. The molecule has 1 aromatic rings. The van der Waals surface area contributed by atoms with E-state index in [4.69, 9.17) is 15.0 Å². The van der Waals surface area contributed by atoms with E-state index in [1.54, 1.807) is 6.92 Å². The zero-order chi connectivity index (χ0) is 19.7. The minimum Gasteiger partial charge on any atom is -0.388 e. The molecule has 12 heteroatoms. The van der Waals surface area contributed by atoms with Gasteiger partial charge >= 0.3 is 7.82 Å². The Kier molecular flexibility index (Phi) is 4.21. The van der Waals surface area contributed by atoms with Gasteiger partial charge in [0, 0.05) is 5.71 Å². The number of rotatable bonds is 4. The number of nitrogens with zero attached hydrogens (tertiary/aromatic N) is 3. The normalized spacial score (nSPS) is 36.7. The van der Waals surface area contributed by atoms with Gasteiger partial charge in [-0.15, -0.1) is 0 Å². The number of aliphatic imine (C=N–C) groups is 1. The lowest BCUT2D eigenvalue weighted by atomic mass is 9.74. The second kappa shape index (κ2) is 6.02. The Morgan fingerprint density at radius 1 is 1.30 bits per heavy atom. The monoisotopic (exact) mass is 400 g/mol. The van der Waals surface area contributed by atoms with Crippen molar-refractivity contribution >= 4 is 25.0 Å². The third-order valence-electron chi connectivity index (χ3n) is 5.73. The number of ether oxygens (including phenoxy) is 1. The molecule has 3 aliphatic rings. The number of nitrogens with two attached hydrogens (primary N) is 1. The van der Waals surface area contributed by atoms with Gasteiger partial charge < -0.3 is 30.5 Å². The Morgan fingerprint density at radius 2 is 1.96 bits per heavy atom. The number of hydrogen-bond acceptors (Lipinski definition) is 9. The predicted octanol–water partition coefficient (Wildman–Crippen LogP) is -0.375. The molecule has 0 aromatic carbocycles. The summed E-state index contributed by atoms with van der Waals surface area (Å²) in [4.78, 5) is 31.5. The molecule has 3 aliphatic heterocycles. The minimum absolute atomic E-state index is 0.153. The molecule has 0 amide bonds. The number of aliphatic hydroxyl groups is 2. The van der Waals surface area contributed by atoms with Gasteiger partial charge in [-0.05, 0) is 13.3 Å². The van der Waals surface area contributed by atoms with Crippen molar-refractivity contribution < 1.29 is 33.8 Å². The number of aromatic nitrogens is 2. The molecule has 4 heterocycles. The van der Waals surface area contributed by atoms with Crippen molar-refractivity contribution in [2.24, 2.45) is 10.9 Å². The standard InChI is InChI=1S/C15H21N4O7P/c1-3-15(2,26-27(22,23)24)6-7-5(12-10(20)11(21)13(6)25-12)8-9(19-7)14(16)18-4-17-8/h4-6,10-13,20-21H,3H2,1-2H3,(H2,16,17,18)(H2,22,23,24)/t5-,6-,10+,11-,12?,13?,15+/m0/s1. The predicted molar refractivity (Wildman–Crippen MR) is 92.3 cm³/mol. The number of anilines is 1. The van der Waals surface area contributed by atoms with E-state index in [2.05, 4.69) is 15.0 Å². The first kappa shape index (κ1) is 18.9. The average Bonchev–Trinajstić information content (AvgIpc) is 3.07. The fraction of sp³-hybridized carbons (Fsp3) is 0.667. The molecule has 0 spiro atoms.